The van der Waals surface area contributed by atoms with Crippen LogP contribution in [0, 0.1) is 20.2 Å². The van der Waals surface area contributed by atoms with Crippen LogP contribution in [0.2, 0.25) is 0 Å². The van der Waals surface area contributed by atoms with E-state index in [0.29, 0.717) is 0 Å². The quantitative estimate of drug-likeness (QED) is 0.232. The third kappa shape index (κ3) is 3.86. The van der Waals surface area contributed by atoms with Crippen LogP contribution in [0.1, 0.15) is 0 Å². The Morgan fingerprint density at radius 3 is 1.58 bits per heavy atom. The normalized spacial score (nSPS) is 11.4. The molecule has 4 aromatic rings. The molecule has 31 heavy (non-hydrogen) atoms. The van der Waals surface area contributed by atoms with Crippen molar-refractivity contribution in [3.8, 4) is 11.5 Å². The SMILES string of the molecule is CP(=O)(Oc1ccc([N+](=O)[O-])c2cccnc12)Oc1ccc([N+](=O)[O-])c2cccnc12. The lowest BCUT2D eigenvalue weighted by Gasteiger charge is -2.17. The van der Waals surface area contributed by atoms with Crippen LogP contribution < -0.4 is 9.05 Å². The maximum Gasteiger partial charge on any atom is 0.427 e. The van der Waals surface area contributed by atoms with Crippen molar-refractivity contribution < 1.29 is 23.5 Å². The molecule has 0 amide bonds. The van der Waals surface area contributed by atoms with Crippen molar-refractivity contribution in [3.05, 3.63) is 81.2 Å². The molecule has 12 heteroatoms. The smallest absolute Gasteiger partial charge is 0.414 e. The second kappa shape index (κ2) is 7.62. The van der Waals surface area contributed by atoms with E-state index >= 15 is 0 Å². The Hall–Kier alpha value is -4.11. The number of rotatable bonds is 6. The van der Waals surface area contributed by atoms with Crippen LogP contribution in [-0.4, -0.2) is 26.5 Å². The highest BCUT2D eigenvalue weighted by atomic mass is 31.2. The van der Waals surface area contributed by atoms with Crippen molar-refractivity contribution in [2.45, 2.75) is 0 Å². The number of nitrogens with zero attached hydrogens (tertiary/aromatic N) is 4. The number of hydrogen-bond acceptors (Lipinski definition) is 9. The molecule has 11 nitrogen and oxygen atoms in total. The van der Waals surface area contributed by atoms with Crippen LogP contribution in [-0.2, 0) is 4.57 Å². The van der Waals surface area contributed by atoms with Gasteiger partial charge >= 0.3 is 7.60 Å². The van der Waals surface area contributed by atoms with Gasteiger partial charge in [-0.2, -0.15) is 0 Å². The van der Waals surface area contributed by atoms with Crippen LogP contribution in [0.4, 0.5) is 11.4 Å². The summed E-state index contributed by atoms with van der Waals surface area (Å²) in [5.41, 5.74) is -0.0520. The van der Waals surface area contributed by atoms with E-state index in [1.165, 1.54) is 67.6 Å². The highest BCUT2D eigenvalue weighted by molar-refractivity contribution is 7.53. The monoisotopic (exact) mass is 440 g/mol. The summed E-state index contributed by atoms with van der Waals surface area (Å²) in [5.74, 6) is 0.0671. The molecule has 156 valence electrons. The first-order valence-electron chi connectivity index (χ1n) is 8.78. The van der Waals surface area contributed by atoms with E-state index in [1.54, 1.807) is 0 Å². The van der Waals surface area contributed by atoms with E-state index in [0.717, 1.165) is 0 Å². The number of non-ortho nitro benzene ring substituents is 2. The van der Waals surface area contributed by atoms with Crippen molar-refractivity contribution in [1.82, 2.24) is 9.97 Å². The van der Waals surface area contributed by atoms with Gasteiger partial charge in [0.15, 0.2) is 11.5 Å². The summed E-state index contributed by atoms with van der Waals surface area (Å²) in [7, 11) is -3.84. The molecule has 0 bridgehead atoms. The molecule has 0 aliphatic rings. The standard InChI is InChI=1S/C19H13N4O7P/c1-31(28,29-16-8-6-14(22(24)25)12-4-2-10-20-18(12)16)30-17-9-7-15(23(26)27)13-5-3-11-21-19(13)17/h2-11H,1H3. The van der Waals surface area contributed by atoms with Crippen LogP contribution >= 0.6 is 7.60 Å². The van der Waals surface area contributed by atoms with Gasteiger partial charge < -0.3 is 9.05 Å². The third-order valence-corrected chi connectivity index (χ3v) is 5.40. The summed E-state index contributed by atoms with van der Waals surface area (Å²) in [5, 5.41) is 22.9. The van der Waals surface area contributed by atoms with E-state index < -0.39 is 17.4 Å². The van der Waals surface area contributed by atoms with Gasteiger partial charge in [0.25, 0.3) is 11.4 Å². The maximum atomic E-state index is 13.1. The Bertz CT molecular complexity index is 1310. The second-order valence-electron chi connectivity index (χ2n) is 6.43. The number of aromatic nitrogens is 2. The molecule has 0 unspecified atom stereocenters. The Balaban J connectivity index is 1.73. The Kier molecular flexibility index (Phi) is 4.96. The van der Waals surface area contributed by atoms with E-state index in [2.05, 4.69) is 9.97 Å². The molecule has 2 aromatic carbocycles. The zero-order valence-corrected chi connectivity index (χ0v) is 16.8. The lowest BCUT2D eigenvalue weighted by Crippen LogP contribution is -2.02. The molecule has 0 radical (unpaired) electrons. The topological polar surface area (TPSA) is 148 Å². The number of nitro groups is 2. The van der Waals surface area contributed by atoms with Gasteiger partial charge in [-0.05, 0) is 36.4 Å². The van der Waals surface area contributed by atoms with Crippen molar-refractivity contribution >= 4 is 40.8 Å². The number of hydrogen-bond donors (Lipinski definition) is 0. The maximum absolute atomic E-state index is 13.1. The van der Waals surface area contributed by atoms with E-state index in [1.807, 2.05) is 0 Å². The lowest BCUT2D eigenvalue weighted by atomic mass is 10.2. The first-order valence-corrected chi connectivity index (χ1v) is 10.8. The van der Waals surface area contributed by atoms with Gasteiger partial charge in [-0.3, -0.25) is 30.2 Å². The first-order chi connectivity index (χ1) is 14.8. The molecule has 0 saturated heterocycles. The fraction of sp³-hybridized carbons (Fsp3) is 0.0526. The largest absolute Gasteiger partial charge is 0.427 e. The van der Waals surface area contributed by atoms with E-state index in [9.17, 15) is 24.8 Å². The van der Waals surface area contributed by atoms with Gasteiger partial charge in [0.1, 0.15) is 11.0 Å². The zero-order chi connectivity index (χ0) is 22.2. The Morgan fingerprint density at radius 2 is 1.19 bits per heavy atom. The van der Waals surface area contributed by atoms with Gasteiger partial charge in [0.05, 0.1) is 27.3 Å². The fourth-order valence-corrected chi connectivity index (χ4v) is 4.15. The van der Waals surface area contributed by atoms with Crippen molar-refractivity contribution in [2.24, 2.45) is 0 Å². The average molecular weight is 440 g/mol. The molecule has 0 aliphatic carbocycles. The molecule has 4 rings (SSSR count). The Labute approximate surface area is 174 Å². The number of fused-ring (bicyclic) bond motifs is 2. The predicted molar refractivity (Wildman–Crippen MR) is 112 cm³/mol. The summed E-state index contributed by atoms with van der Waals surface area (Å²) in [4.78, 5) is 29.6. The third-order valence-electron chi connectivity index (χ3n) is 4.34. The van der Waals surface area contributed by atoms with Crippen molar-refractivity contribution in [1.29, 1.82) is 0 Å². The van der Waals surface area contributed by atoms with Crippen LogP contribution in [0.5, 0.6) is 11.5 Å². The summed E-state index contributed by atoms with van der Waals surface area (Å²) in [6.07, 6.45) is 2.85. The number of nitro benzene ring substituents is 2. The van der Waals surface area contributed by atoms with Crippen molar-refractivity contribution in [3.63, 3.8) is 0 Å². The highest BCUT2D eigenvalue weighted by Gasteiger charge is 2.26. The summed E-state index contributed by atoms with van der Waals surface area (Å²) >= 11 is 0. The fourth-order valence-electron chi connectivity index (χ4n) is 3.11. The van der Waals surface area contributed by atoms with Gasteiger partial charge in [0, 0.05) is 24.5 Å². The molecule has 2 heterocycles. The molecule has 0 saturated carbocycles. The second-order valence-corrected chi connectivity index (χ2v) is 8.34. The summed E-state index contributed by atoms with van der Waals surface area (Å²) in [6.45, 7) is 1.21. The highest BCUT2D eigenvalue weighted by Crippen LogP contribution is 2.48. The number of pyridine rings is 2. The minimum absolute atomic E-state index is 0.0335. The van der Waals surface area contributed by atoms with E-state index in [-0.39, 0.29) is 44.7 Å². The molecule has 0 atom stereocenters. The summed E-state index contributed by atoms with van der Waals surface area (Å²) < 4.78 is 24.2. The average Bonchev–Trinajstić information content (AvgIpc) is 2.73. The van der Waals surface area contributed by atoms with Gasteiger partial charge in [-0.15, -0.1) is 0 Å². The van der Waals surface area contributed by atoms with Gasteiger partial charge in [0.2, 0.25) is 0 Å². The predicted octanol–water partition coefficient (Wildman–Crippen LogP) is 4.88. The first kappa shape index (κ1) is 20.2. The molecule has 0 fully saturated rings. The van der Waals surface area contributed by atoms with Crippen molar-refractivity contribution in [2.75, 3.05) is 6.66 Å². The van der Waals surface area contributed by atoms with Gasteiger partial charge in [-0.1, -0.05) is 0 Å². The minimum Gasteiger partial charge on any atom is -0.414 e. The number of benzene rings is 2. The summed E-state index contributed by atoms with van der Waals surface area (Å²) in [6, 6.07) is 11.1. The van der Waals surface area contributed by atoms with Gasteiger partial charge in [-0.25, -0.2) is 4.57 Å². The molecule has 0 aliphatic heterocycles. The van der Waals surface area contributed by atoms with Crippen LogP contribution in [0.25, 0.3) is 21.8 Å². The molecule has 0 N–H and O–H groups in total. The van der Waals surface area contributed by atoms with Crippen LogP contribution in [0.3, 0.4) is 0 Å². The molecule has 0 spiro atoms. The molecule has 2 aromatic heterocycles. The lowest BCUT2D eigenvalue weighted by molar-refractivity contribution is -0.383. The van der Waals surface area contributed by atoms with E-state index in [4.69, 9.17) is 9.05 Å². The Morgan fingerprint density at radius 1 is 0.774 bits per heavy atom. The van der Waals surface area contributed by atoms with Crippen LogP contribution in [0.15, 0.2) is 60.9 Å². The zero-order valence-electron chi connectivity index (χ0n) is 15.9. The molecular formula is C19H13N4O7P. The minimum atomic E-state index is -3.84. The molecular weight excluding hydrogens is 427 g/mol.